The van der Waals surface area contributed by atoms with Crippen molar-refractivity contribution < 1.29 is 19.2 Å². The van der Waals surface area contributed by atoms with Gasteiger partial charge in [-0.2, -0.15) is 5.10 Å². The van der Waals surface area contributed by atoms with E-state index in [-0.39, 0.29) is 43.3 Å². The summed E-state index contributed by atoms with van der Waals surface area (Å²) >= 11 is 0. The highest BCUT2D eigenvalue weighted by atomic mass is 16.2. The number of carbonyl (C=O) groups is 4. The van der Waals surface area contributed by atoms with Gasteiger partial charge in [0.25, 0.3) is 5.91 Å². The Morgan fingerprint density at radius 2 is 1.79 bits per heavy atom. The third-order valence-electron chi connectivity index (χ3n) is 5.11. The molecule has 170 valence electrons. The highest BCUT2D eigenvalue weighted by Gasteiger charge is 2.28. The number of nitrogens with zero attached hydrogens (tertiary/aromatic N) is 4. The van der Waals surface area contributed by atoms with Crippen molar-refractivity contribution in [2.45, 2.75) is 26.3 Å². The molecule has 1 aromatic carbocycles. The Bertz CT molecular complexity index is 1220. The van der Waals surface area contributed by atoms with Crippen LogP contribution in [-0.4, -0.2) is 56.5 Å². The van der Waals surface area contributed by atoms with Crippen LogP contribution in [0.4, 0.5) is 16.2 Å². The molecule has 11 nitrogen and oxygen atoms in total. The number of hydrogen-bond acceptors (Lipinski definition) is 6. The van der Waals surface area contributed by atoms with E-state index in [0.29, 0.717) is 16.9 Å². The monoisotopic (exact) mass is 449 g/mol. The number of rotatable bonds is 7. The van der Waals surface area contributed by atoms with Crippen molar-refractivity contribution >= 4 is 46.2 Å². The molecule has 0 aliphatic carbocycles. The average Bonchev–Trinajstić information content (AvgIpc) is 3.36. The molecule has 5 amide bonds. The number of fused-ring (bicyclic) bond motifs is 1. The van der Waals surface area contributed by atoms with Crippen LogP contribution in [0.15, 0.2) is 42.7 Å². The van der Waals surface area contributed by atoms with Crippen molar-refractivity contribution in [1.29, 1.82) is 0 Å². The van der Waals surface area contributed by atoms with Gasteiger partial charge < -0.3 is 16.0 Å². The number of hydrogen-bond donors (Lipinski definition) is 3. The zero-order valence-corrected chi connectivity index (χ0v) is 18.2. The van der Waals surface area contributed by atoms with Crippen molar-refractivity contribution in [3.8, 4) is 0 Å². The van der Waals surface area contributed by atoms with Crippen LogP contribution in [0, 0.1) is 0 Å². The summed E-state index contributed by atoms with van der Waals surface area (Å²) in [5.41, 5.74) is 2.20. The molecule has 1 aliphatic rings. The van der Waals surface area contributed by atoms with Gasteiger partial charge in [-0.1, -0.05) is 0 Å². The minimum atomic E-state index is -0.490. The van der Waals surface area contributed by atoms with Crippen LogP contribution < -0.4 is 16.0 Å². The molecule has 11 heteroatoms. The van der Waals surface area contributed by atoms with Crippen molar-refractivity contribution in [1.82, 2.24) is 25.0 Å². The van der Waals surface area contributed by atoms with Gasteiger partial charge in [0.2, 0.25) is 11.8 Å². The Hall–Kier alpha value is -4.28. The highest BCUT2D eigenvalue weighted by molar-refractivity contribution is 6.06. The number of amides is 5. The first-order valence-electron chi connectivity index (χ1n) is 10.4. The first kappa shape index (κ1) is 21.9. The zero-order valence-electron chi connectivity index (χ0n) is 18.2. The van der Waals surface area contributed by atoms with Gasteiger partial charge in [0.15, 0.2) is 5.65 Å². The first-order chi connectivity index (χ1) is 15.8. The molecule has 3 N–H and O–H groups in total. The third kappa shape index (κ3) is 4.81. The first-order valence-corrected chi connectivity index (χ1v) is 10.4. The van der Waals surface area contributed by atoms with Crippen LogP contribution in [-0.2, 0) is 9.59 Å². The van der Waals surface area contributed by atoms with Crippen LogP contribution in [0.2, 0.25) is 0 Å². The molecule has 1 saturated heterocycles. The molecule has 0 radical (unpaired) electrons. The van der Waals surface area contributed by atoms with Crippen molar-refractivity contribution in [2.75, 3.05) is 23.7 Å². The molecule has 4 rings (SSSR count). The molecule has 1 aliphatic heterocycles. The lowest BCUT2D eigenvalue weighted by atomic mass is 10.2. The minimum Gasteiger partial charge on any atom is -0.329 e. The average molecular weight is 449 g/mol. The number of nitrogens with one attached hydrogen (secondary N) is 3. The number of imide groups is 1. The number of anilines is 2. The number of carbonyl (C=O) groups excluding carboxylic acids is 4. The van der Waals surface area contributed by atoms with Crippen LogP contribution >= 0.6 is 0 Å². The predicted molar refractivity (Wildman–Crippen MR) is 121 cm³/mol. The number of pyridine rings is 1. The van der Waals surface area contributed by atoms with Crippen LogP contribution in [0.5, 0.6) is 0 Å². The van der Waals surface area contributed by atoms with Crippen molar-refractivity contribution in [3.05, 3.63) is 48.3 Å². The predicted octanol–water partition coefficient (Wildman–Crippen LogP) is 2.14. The van der Waals surface area contributed by atoms with E-state index >= 15 is 0 Å². The summed E-state index contributed by atoms with van der Waals surface area (Å²) in [5.74, 6) is -0.997. The fourth-order valence-corrected chi connectivity index (χ4v) is 3.40. The summed E-state index contributed by atoms with van der Waals surface area (Å²) < 4.78 is 1.79. The minimum absolute atomic E-state index is 0.0130. The quantitative estimate of drug-likeness (QED) is 0.473. The molecule has 33 heavy (non-hydrogen) atoms. The van der Waals surface area contributed by atoms with E-state index in [2.05, 4.69) is 26.0 Å². The van der Waals surface area contributed by atoms with Gasteiger partial charge in [0.1, 0.15) is 0 Å². The third-order valence-corrected chi connectivity index (χ3v) is 5.11. The molecular formula is C22H23N7O4. The second-order valence-corrected chi connectivity index (χ2v) is 7.85. The van der Waals surface area contributed by atoms with Gasteiger partial charge >= 0.3 is 6.03 Å². The molecule has 2 aromatic heterocycles. The molecule has 0 spiro atoms. The molecule has 0 bridgehead atoms. The molecule has 0 unspecified atom stereocenters. The molecule has 0 saturated carbocycles. The standard InChI is InChI=1S/C22H23N7O4/c1-13(2)29-20-14(11-25-29)9-15(10-23-20)21(32)27-17-5-3-16(4-6-17)26-18(30)7-8-28-19(31)12-24-22(28)33/h3-6,9-11,13H,7-8,12H2,1-2H3,(H,24,33)(H,26,30)(H,27,32). The van der Waals surface area contributed by atoms with E-state index in [9.17, 15) is 19.2 Å². The Balaban J connectivity index is 1.33. The van der Waals surface area contributed by atoms with E-state index in [0.717, 1.165) is 15.9 Å². The second kappa shape index (κ2) is 9.07. The number of aromatic nitrogens is 3. The molecule has 0 atom stereocenters. The van der Waals surface area contributed by atoms with Gasteiger partial charge in [-0.25, -0.2) is 14.5 Å². The van der Waals surface area contributed by atoms with E-state index in [1.807, 2.05) is 13.8 Å². The van der Waals surface area contributed by atoms with E-state index in [4.69, 9.17) is 0 Å². The van der Waals surface area contributed by atoms with Crippen molar-refractivity contribution in [3.63, 3.8) is 0 Å². The fraction of sp³-hybridized carbons (Fsp3) is 0.273. The Morgan fingerprint density at radius 1 is 1.09 bits per heavy atom. The van der Waals surface area contributed by atoms with Gasteiger partial charge in [-0.3, -0.25) is 19.3 Å². The SMILES string of the molecule is CC(C)n1ncc2cc(C(=O)Nc3ccc(NC(=O)CCN4C(=O)CNC4=O)cc3)cnc21. The largest absolute Gasteiger partial charge is 0.329 e. The topological polar surface area (TPSA) is 138 Å². The maximum atomic E-state index is 12.6. The maximum Gasteiger partial charge on any atom is 0.324 e. The zero-order chi connectivity index (χ0) is 23.5. The number of benzene rings is 1. The van der Waals surface area contributed by atoms with Crippen LogP contribution in [0.1, 0.15) is 36.7 Å². The van der Waals surface area contributed by atoms with Gasteiger partial charge in [0, 0.05) is 42.0 Å². The molecule has 1 fully saturated rings. The number of urea groups is 1. The summed E-state index contributed by atoms with van der Waals surface area (Å²) in [7, 11) is 0. The Morgan fingerprint density at radius 3 is 2.42 bits per heavy atom. The van der Waals surface area contributed by atoms with Crippen LogP contribution in [0.25, 0.3) is 11.0 Å². The van der Waals surface area contributed by atoms with Gasteiger partial charge in [-0.15, -0.1) is 0 Å². The summed E-state index contributed by atoms with van der Waals surface area (Å²) in [4.78, 5) is 53.2. The summed E-state index contributed by atoms with van der Waals surface area (Å²) in [6.07, 6.45) is 3.18. The summed E-state index contributed by atoms with van der Waals surface area (Å²) in [6, 6.07) is 8.03. The molecule has 3 aromatic rings. The lowest BCUT2D eigenvalue weighted by molar-refractivity contribution is -0.125. The molecule has 3 heterocycles. The lowest BCUT2D eigenvalue weighted by Gasteiger charge is -2.12. The normalized spacial score (nSPS) is 13.5. The highest BCUT2D eigenvalue weighted by Crippen LogP contribution is 2.19. The van der Waals surface area contributed by atoms with Gasteiger partial charge in [-0.05, 0) is 44.2 Å². The van der Waals surface area contributed by atoms with E-state index in [1.54, 1.807) is 41.2 Å². The Kier molecular flexibility index (Phi) is 6.03. The smallest absolute Gasteiger partial charge is 0.324 e. The summed E-state index contributed by atoms with van der Waals surface area (Å²) in [6.45, 7) is 3.99. The fourth-order valence-electron chi connectivity index (χ4n) is 3.40. The van der Waals surface area contributed by atoms with Gasteiger partial charge in [0.05, 0.1) is 18.3 Å². The summed E-state index contributed by atoms with van der Waals surface area (Å²) in [5, 5.41) is 13.0. The van der Waals surface area contributed by atoms with E-state index in [1.165, 1.54) is 6.20 Å². The van der Waals surface area contributed by atoms with Crippen molar-refractivity contribution in [2.24, 2.45) is 0 Å². The molecular weight excluding hydrogens is 426 g/mol. The lowest BCUT2D eigenvalue weighted by Crippen LogP contribution is -2.33. The maximum absolute atomic E-state index is 12.6. The Labute approximate surface area is 189 Å². The van der Waals surface area contributed by atoms with Crippen LogP contribution in [0.3, 0.4) is 0 Å². The second-order valence-electron chi connectivity index (χ2n) is 7.85. The van der Waals surface area contributed by atoms with E-state index < -0.39 is 6.03 Å².